The number of hydrogen-bond acceptors (Lipinski definition) is 6. The number of ether oxygens (including phenoxy) is 1. The molecule has 10 nitrogen and oxygen atoms in total. The van der Waals surface area contributed by atoms with Crippen LogP contribution in [0.5, 0.6) is 0 Å². The average Bonchev–Trinajstić information content (AvgIpc) is 3.21. The number of hydrogen-bond donors (Lipinski definition) is 5. The fourth-order valence-electron chi connectivity index (χ4n) is 4.96. The molecule has 242 valence electrons. The van der Waals surface area contributed by atoms with E-state index in [1.54, 1.807) is 13.8 Å². The van der Waals surface area contributed by atoms with E-state index < -0.39 is 29.1 Å². The van der Waals surface area contributed by atoms with E-state index in [4.69, 9.17) is 10.5 Å². The zero-order valence-corrected chi connectivity index (χ0v) is 27.1. The number of carbonyl (C=O) groups is 4. The molecule has 6 N–H and O–H groups in total. The lowest BCUT2D eigenvalue weighted by Gasteiger charge is -2.31. The van der Waals surface area contributed by atoms with Gasteiger partial charge in [0.1, 0.15) is 12.1 Å². The van der Waals surface area contributed by atoms with Crippen molar-refractivity contribution in [2.45, 2.75) is 129 Å². The molecule has 1 aromatic carbocycles. The minimum Gasteiger partial charge on any atom is -0.375 e. The van der Waals surface area contributed by atoms with Crippen LogP contribution in [-0.2, 0) is 30.3 Å². The maximum Gasteiger partial charge on any atom is 0.243 e. The van der Waals surface area contributed by atoms with Crippen LogP contribution in [0.15, 0.2) is 30.3 Å². The second-order valence-electron chi connectivity index (χ2n) is 13.2. The zero-order chi connectivity index (χ0) is 32.0. The number of nitrogens with one attached hydrogen (secondary N) is 4. The highest BCUT2D eigenvalue weighted by molar-refractivity contribution is 5.90. The highest BCUT2D eigenvalue weighted by atomic mass is 16.5. The molecule has 10 heteroatoms. The topological polar surface area (TPSA) is 152 Å². The lowest BCUT2D eigenvalue weighted by molar-refractivity contribution is -0.135. The van der Waals surface area contributed by atoms with Gasteiger partial charge in [0.05, 0.1) is 11.6 Å². The van der Waals surface area contributed by atoms with Gasteiger partial charge in [0.25, 0.3) is 0 Å². The molecule has 43 heavy (non-hydrogen) atoms. The highest BCUT2D eigenvalue weighted by Crippen LogP contribution is 2.24. The standard InChI is InChI=1S/C33H55N5O5/c1-23(34)28(39)36-24(2)29(40)35-20-18-33(5,6)43-21-19-32(3,4)31(42)38-27(22-25-14-10-9-11-15-25)30(41)37-26-16-12-7-8-13-17-26/h9-11,14-15,23-24,26-27H,7-8,12-13,16-22,34H2,1-6H3,(H,35,40)(H,36,39)(H,37,41)(H,38,42). The molecular weight excluding hydrogens is 546 g/mol. The van der Waals surface area contributed by atoms with Crippen LogP contribution >= 0.6 is 0 Å². The summed E-state index contributed by atoms with van der Waals surface area (Å²) in [5.74, 6) is -1.01. The molecule has 3 atom stereocenters. The van der Waals surface area contributed by atoms with Gasteiger partial charge in [-0.3, -0.25) is 19.2 Å². The molecule has 0 heterocycles. The average molecular weight is 602 g/mol. The normalized spacial score (nSPS) is 16.7. The fraction of sp³-hybridized carbons (Fsp3) is 0.697. The van der Waals surface area contributed by atoms with E-state index in [2.05, 4.69) is 21.3 Å². The Balaban J connectivity index is 1.88. The molecule has 1 saturated carbocycles. The summed E-state index contributed by atoms with van der Waals surface area (Å²) in [4.78, 5) is 50.9. The SMILES string of the molecule is CC(N)C(=O)NC(C)C(=O)NCCC(C)(C)OCCC(C)(C)C(=O)NC(Cc1ccccc1)C(=O)NC1CCCCCC1. The quantitative estimate of drug-likeness (QED) is 0.184. The van der Waals surface area contributed by atoms with Crippen LogP contribution in [0, 0.1) is 5.41 Å². The van der Waals surface area contributed by atoms with Crippen molar-refractivity contribution < 1.29 is 23.9 Å². The van der Waals surface area contributed by atoms with Gasteiger partial charge in [-0.1, -0.05) is 69.9 Å². The Hall–Kier alpha value is -2.98. The van der Waals surface area contributed by atoms with E-state index in [-0.39, 0.29) is 29.7 Å². The van der Waals surface area contributed by atoms with E-state index in [1.165, 1.54) is 12.8 Å². The van der Waals surface area contributed by atoms with Crippen LogP contribution < -0.4 is 27.0 Å². The summed E-state index contributed by atoms with van der Waals surface area (Å²) < 4.78 is 6.12. The van der Waals surface area contributed by atoms with Gasteiger partial charge >= 0.3 is 0 Å². The molecule has 0 spiro atoms. The molecule has 0 saturated heterocycles. The van der Waals surface area contributed by atoms with Crippen molar-refractivity contribution in [2.24, 2.45) is 11.1 Å². The minimum absolute atomic E-state index is 0.134. The first-order valence-electron chi connectivity index (χ1n) is 15.8. The second kappa shape index (κ2) is 17.3. The second-order valence-corrected chi connectivity index (χ2v) is 13.2. The molecule has 0 bridgehead atoms. The van der Waals surface area contributed by atoms with E-state index in [0.29, 0.717) is 32.4 Å². The van der Waals surface area contributed by atoms with Gasteiger partial charge in [-0.2, -0.15) is 0 Å². The van der Waals surface area contributed by atoms with Gasteiger partial charge < -0.3 is 31.7 Å². The van der Waals surface area contributed by atoms with Crippen LogP contribution in [-0.4, -0.2) is 66.5 Å². The van der Waals surface area contributed by atoms with Crippen molar-refractivity contribution in [2.75, 3.05) is 13.2 Å². The van der Waals surface area contributed by atoms with Crippen LogP contribution in [0.3, 0.4) is 0 Å². The molecular formula is C33H55N5O5. The predicted molar refractivity (Wildman–Crippen MR) is 169 cm³/mol. The first-order valence-corrected chi connectivity index (χ1v) is 15.8. The fourth-order valence-corrected chi connectivity index (χ4v) is 4.96. The van der Waals surface area contributed by atoms with Crippen molar-refractivity contribution in [1.82, 2.24) is 21.3 Å². The lowest BCUT2D eigenvalue weighted by atomic mass is 9.87. The van der Waals surface area contributed by atoms with E-state index in [0.717, 1.165) is 31.2 Å². The van der Waals surface area contributed by atoms with Crippen LogP contribution in [0.25, 0.3) is 0 Å². The Kier molecular flexibility index (Phi) is 14.6. The Morgan fingerprint density at radius 1 is 0.884 bits per heavy atom. The monoisotopic (exact) mass is 601 g/mol. The summed E-state index contributed by atoms with van der Waals surface area (Å²) in [6.07, 6.45) is 7.99. The van der Waals surface area contributed by atoms with E-state index in [1.807, 2.05) is 58.0 Å². The number of rotatable bonds is 16. The largest absolute Gasteiger partial charge is 0.375 e. The molecule has 2 rings (SSSR count). The first-order chi connectivity index (χ1) is 20.2. The molecule has 0 aromatic heterocycles. The van der Waals surface area contributed by atoms with Gasteiger partial charge in [-0.15, -0.1) is 0 Å². The third-order valence-electron chi connectivity index (χ3n) is 8.13. The number of benzene rings is 1. The van der Waals surface area contributed by atoms with Crippen LogP contribution in [0.1, 0.15) is 98.5 Å². The van der Waals surface area contributed by atoms with Gasteiger partial charge in [-0.05, 0) is 58.9 Å². The molecule has 3 unspecified atom stereocenters. The Morgan fingerprint density at radius 3 is 2.12 bits per heavy atom. The summed E-state index contributed by atoms with van der Waals surface area (Å²) in [6.45, 7) is 11.5. The van der Waals surface area contributed by atoms with Crippen molar-refractivity contribution in [1.29, 1.82) is 0 Å². The third kappa shape index (κ3) is 13.5. The highest BCUT2D eigenvalue weighted by Gasteiger charge is 2.33. The Bertz CT molecular complexity index is 1040. The van der Waals surface area contributed by atoms with E-state index >= 15 is 0 Å². The van der Waals surface area contributed by atoms with E-state index in [9.17, 15) is 19.2 Å². The third-order valence-corrected chi connectivity index (χ3v) is 8.13. The number of carbonyl (C=O) groups excluding carboxylic acids is 4. The van der Waals surface area contributed by atoms with Gasteiger partial charge in [-0.25, -0.2) is 0 Å². The predicted octanol–water partition coefficient (Wildman–Crippen LogP) is 3.12. The lowest BCUT2D eigenvalue weighted by Crippen LogP contribution is -2.53. The number of amides is 4. The molecule has 1 aliphatic carbocycles. The molecule has 0 aliphatic heterocycles. The molecule has 1 aromatic rings. The number of nitrogens with two attached hydrogens (primary N) is 1. The summed E-state index contributed by atoms with van der Waals surface area (Å²) in [7, 11) is 0. The van der Waals surface area contributed by atoms with Gasteiger partial charge in [0.15, 0.2) is 0 Å². The molecule has 1 aliphatic rings. The zero-order valence-electron chi connectivity index (χ0n) is 27.1. The maximum absolute atomic E-state index is 13.5. The summed E-state index contributed by atoms with van der Waals surface area (Å²) in [5, 5.41) is 11.6. The van der Waals surface area contributed by atoms with Crippen molar-refractivity contribution in [3.8, 4) is 0 Å². The van der Waals surface area contributed by atoms with Crippen molar-refractivity contribution >= 4 is 23.6 Å². The molecule has 4 amide bonds. The van der Waals surface area contributed by atoms with Crippen molar-refractivity contribution in [3.63, 3.8) is 0 Å². The smallest absolute Gasteiger partial charge is 0.243 e. The minimum atomic E-state index is -0.768. The Morgan fingerprint density at radius 2 is 1.51 bits per heavy atom. The summed E-state index contributed by atoms with van der Waals surface area (Å²) >= 11 is 0. The summed E-state index contributed by atoms with van der Waals surface area (Å²) in [6, 6.07) is 7.85. The van der Waals surface area contributed by atoms with Gasteiger partial charge in [0.2, 0.25) is 23.6 Å². The van der Waals surface area contributed by atoms with Crippen LogP contribution in [0.4, 0.5) is 0 Å². The van der Waals surface area contributed by atoms with Crippen LogP contribution in [0.2, 0.25) is 0 Å². The van der Waals surface area contributed by atoms with Gasteiger partial charge in [0, 0.05) is 31.0 Å². The Labute approximate surface area is 258 Å². The molecule has 0 radical (unpaired) electrons. The van der Waals surface area contributed by atoms with Crippen molar-refractivity contribution in [3.05, 3.63) is 35.9 Å². The summed E-state index contributed by atoms with van der Waals surface area (Å²) in [5.41, 5.74) is 5.21. The first kappa shape index (κ1) is 36.2. The maximum atomic E-state index is 13.5. The molecule has 1 fully saturated rings.